The van der Waals surface area contributed by atoms with Crippen LogP contribution < -0.4 is 10.2 Å². The van der Waals surface area contributed by atoms with Gasteiger partial charge in [0.1, 0.15) is 11.4 Å². The highest BCUT2D eigenvalue weighted by Gasteiger charge is 2.37. The number of benzene rings is 2. The van der Waals surface area contributed by atoms with E-state index in [4.69, 9.17) is 0 Å². The van der Waals surface area contributed by atoms with Crippen molar-refractivity contribution in [2.45, 2.75) is 19.8 Å². The SMILES string of the molecule is CC(C)c1ccc(/C=C2/C(=O)NC(=O)N(c3ccccc3F)C2=O)cc1. The van der Waals surface area contributed by atoms with Gasteiger partial charge in [0.25, 0.3) is 11.8 Å². The molecule has 1 aliphatic heterocycles. The zero-order chi connectivity index (χ0) is 18.8. The van der Waals surface area contributed by atoms with Gasteiger partial charge in [-0.25, -0.2) is 14.1 Å². The Kier molecular flexibility index (Phi) is 4.67. The molecule has 1 fully saturated rings. The lowest BCUT2D eigenvalue weighted by molar-refractivity contribution is -0.122. The predicted octanol–water partition coefficient (Wildman–Crippen LogP) is 3.62. The summed E-state index contributed by atoms with van der Waals surface area (Å²) < 4.78 is 14.0. The number of nitrogens with one attached hydrogen (secondary N) is 1. The first kappa shape index (κ1) is 17.5. The summed E-state index contributed by atoms with van der Waals surface area (Å²) in [4.78, 5) is 37.5. The fourth-order valence-corrected chi connectivity index (χ4v) is 2.65. The van der Waals surface area contributed by atoms with E-state index in [0.717, 1.165) is 11.6 Å². The number of rotatable bonds is 3. The third kappa shape index (κ3) is 3.26. The maximum absolute atomic E-state index is 14.0. The molecule has 0 bridgehead atoms. The number of urea groups is 1. The zero-order valence-electron chi connectivity index (χ0n) is 14.3. The molecule has 0 spiro atoms. The number of hydrogen-bond donors (Lipinski definition) is 1. The minimum absolute atomic E-state index is 0.205. The van der Waals surface area contributed by atoms with Crippen molar-refractivity contribution in [3.05, 3.63) is 71.0 Å². The van der Waals surface area contributed by atoms with E-state index in [1.54, 1.807) is 12.1 Å². The Morgan fingerprint density at radius 1 is 1.00 bits per heavy atom. The quantitative estimate of drug-likeness (QED) is 0.678. The minimum atomic E-state index is -0.975. The maximum Gasteiger partial charge on any atom is 0.336 e. The van der Waals surface area contributed by atoms with Crippen LogP contribution in [0.5, 0.6) is 0 Å². The van der Waals surface area contributed by atoms with Gasteiger partial charge in [0.15, 0.2) is 0 Å². The number of hydrogen-bond acceptors (Lipinski definition) is 3. The molecule has 5 nitrogen and oxygen atoms in total. The van der Waals surface area contributed by atoms with Crippen molar-refractivity contribution in [1.29, 1.82) is 0 Å². The molecule has 1 heterocycles. The second-order valence-electron chi connectivity index (χ2n) is 6.23. The number of anilines is 1. The van der Waals surface area contributed by atoms with Gasteiger partial charge in [-0.2, -0.15) is 0 Å². The van der Waals surface area contributed by atoms with E-state index in [1.807, 2.05) is 12.1 Å². The van der Waals surface area contributed by atoms with Crippen molar-refractivity contribution >= 4 is 29.6 Å². The monoisotopic (exact) mass is 352 g/mol. The molecule has 26 heavy (non-hydrogen) atoms. The minimum Gasteiger partial charge on any atom is -0.273 e. The number of nitrogens with zero attached hydrogens (tertiary/aromatic N) is 1. The highest BCUT2D eigenvalue weighted by atomic mass is 19.1. The smallest absolute Gasteiger partial charge is 0.273 e. The number of para-hydroxylation sites is 1. The molecule has 4 amide bonds. The Morgan fingerprint density at radius 3 is 2.27 bits per heavy atom. The molecule has 2 aromatic rings. The number of barbiturate groups is 1. The molecule has 1 aliphatic rings. The van der Waals surface area contributed by atoms with E-state index in [2.05, 4.69) is 19.2 Å². The molecule has 2 aromatic carbocycles. The van der Waals surface area contributed by atoms with E-state index < -0.39 is 23.7 Å². The third-order valence-corrected chi connectivity index (χ3v) is 4.11. The van der Waals surface area contributed by atoms with Crippen LogP contribution in [0.2, 0.25) is 0 Å². The first-order chi connectivity index (χ1) is 12.4. The number of imide groups is 2. The first-order valence-electron chi connectivity index (χ1n) is 8.14. The highest BCUT2D eigenvalue weighted by molar-refractivity contribution is 6.39. The number of halogens is 1. The Hall–Kier alpha value is -3.28. The summed E-state index contributed by atoms with van der Waals surface area (Å²) >= 11 is 0. The summed E-state index contributed by atoms with van der Waals surface area (Å²) in [6.45, 7) is 4.12. The van der Waals surface area contributed by atoms with Gasteiger partial charge in [-0.15, -0.1) is 0 Å². The fourth-order valence-electron chi connectivity index (χ4n) is 2.65. The molecule has 132 valence electrons. The average Bonchev–Trinajstić information content (AvgIpc) is 2.60. The van der Waals surface area contributed by atoms with E-state index in [-0.39, 0.29) is 11.3 Å². The highest BCUT2D eigenvalue weighted by Crippen LogP contribution is 2.24. The van der Waals surface area contributed by atoms with Crippen molar-refractivity contribution in [3.63, 3.8) is 0 Å². The Labute approximate surface area is 150 Å². The predicted molar refractivity (Wildman–Crippen MR) is 95.9 cm³/mol. The van der Waals surface area contributed by atoms with E-state index in [9.17, 15) is 18.8 Å². The first-order valence-corrected chi connectivity index (χ1v) is 8.14. The molecular weight excluding hydrogens is 335 g/mol. The lowest BCUT2D eigenvalue weighted by atomic mass is 10.0. The molecule has 0 aliphatic carbocycles. The van der Waals surface area contributed by atoms with E-state index in [0.29, 0.717) is 16.4 Å². The van der Waals surface area contributed by atoms with E-state index >= 15 is 0 Å². The van der Waals surface area contributed by atoms with Crippen LogP contribution in [-0.4, -0.2) is 17.8 Å². The Bertz CT molecular complexity index is 917. The largest absolute Gasteiger partial charge is 0.336 e. The van der Waals surface area contributed by atoms with Crippen LogP contribution in [0.25, 0.3) is 6.08 Å². The van der Waals surface area contributed by atoms with Gasteiger partial charge in [-0.3, -0.25) is 14.9 Å². The van der Waals surface area contributed by atoms with Gasteiger partial charge < -0.3 is 0 Å². The van der Waals surface area contributed by atoms with E-state index in [1.165, 1.54) is 24.3 Å². The molecule has 0 atom stereocenters. The summed E-state index contributed by atoms with van der Waals surface area (Å²) in [7, 11) is 0. The van der Waals surface area contributed by atoms with Crippen LogP contribution in [0, 0.1) is 5.82 Å². The summed E-state index contributed by atoms with van der Waals surface area (Å²) in [6, 6.07) is 11.8. The van der Waals surface area contributed by atoms with Crippen LogP contribution in [0.1, 0.15) is 30.9 Å². The number of carbonyl (C=O) groups is 3. The molecule has 3 rings (SSSR count). The third-order valence-electron chi connectivity index (χ3n) is 4.11. The average molecular weight is 352 g/mol. The molecule has 0 aromatic heterocycles. The summed E-state index contributed by atoms with van der Waals surface area (Å²) in [5, 5.41) is 2.08. The zero-order valence-corrected chi connectivity index (χ0v) is 14.3. The molecule has 0 saturated carbocycles. The van der Waals surface area contributed by atoms with Crippen molar-refractivity contribution in [2.24, 2.45) is 0 Å². The molecule has 1 N–H and O–H groups in total. The van der Waals surface area contributed by atoms with Gasteiger partial charge >= 0.3 is 6.03 Å². The van der Waals surface area contributed by atoms with Gasteiger partial charge in [-0.05, 0) is 35.3 Å². The summed E-state index contributed by atoms with van der Waals surface area (Å²) in [5.41, 5.74) is 1.32. The standard InChI is InChI=1S/C20H17FN2O3/c1-12(2)14-9-7-13(8-10-14)11-15-18(24)22-20(26)23(19(15)25)17-6-4-3-5-16(17)21/h3-12H,1-2H3,(H,22,24,26)/b15-11-. The van der Waals surface area contributed by atoms with Gasteiger partial charge in [0.05, 0.1) is 5.69 Å². The second-order valence-corrected chi connectivity index (χ2v) is 6.23. The number of amides is 4. The molecule has 6 heteroatoms. The molecule has 0 radical (unpaired) electrons. The van der Waals surface area contributed by atoms with Crippen molar-refractivity contribution in [2.75, 3.05) is 4.90 Å². The van der Waals surface area contributed by atoms with Gasteiger partial charge in [0.2, 0.25) is 0 Å². The fraction of sp³-hybridized carbons (Fsp3) is 0.150. The van der Waals surface area contributed by atoms with Crippen molar-refractivity contribution in [1.82, 2.24) is 5.32 Å². The van der Waals surface area contributed by atoms with Crippen LogP contribution in [0.4, 0.5) is 14.9 Å². The van der Waals surface area contributed by atoms with Crippen LogP contribution in [0.15, 0.2) is 54.1 Å². The lowest BCUT2D eigenvalue weighted by Gasteiger charge is -2.26. The Morgan fingerprint density at radius 2 is 1.65 bits per heavy atom. The summed E-state index contributed by atoms with van der Waals surface area (Å²) in [6.07, 6.45) is 1.39. The van der Waals surface area contributed by atoms with Crippen LogP contribution >= 0.6 is 0 Å². The number of carbonyl (C=O) groups excluding carboxylic acids is 3. The van der Waals surface area contributed by atoms with Crippen molar-refractivity contribution in [3.8, 4) is 0 Å². The van der Waals surface area contributed by atoms with Gasteiger partial charge in [0, 0.05) is 0 Å². The second kappa shape index (κ2) is 6.92. The van der Waals surface area contributed by atoms with Crippen LogP contribution in [0.3, 0.4) is 0 Å². The summed E-state index contributed by atoms with van der Waals surface area (Å²) in [5.74, 6) is -2.05. The lowest BCUT2D eigenvalue weighted by Crippen LogP contribution is -2.54. The van der Waals surface area contributed by atoms with Gasteiger partial charge in [-0.1, -0.05) is 50.2 Å². The molecule has 1 saturated heterocycles. The topological polar surface area (TPSA) is 66.5 Å². The van der Waals surface area contributed by atoms with Crippen LogP contribution in [-0.2, 0) is 9.59 Å². The molecule has 0 unspecified atom stereocenters. The van der Waals surface area contributed by atoms with Crippen molar-refractivity contribution < 1.29 is 18.8 Å². The molecular formula is C20H17FN2O3. The Balaban J connectivity index is 1.99. The maximum atomic E-state index is 14.0. The normalized spacial score (nSPS) is 16.4.